The van der Waals surface area contributed by atoms with Crippen LogP contribution < -0.4 is 0 Å². The number of phenolic OH excluding ortho intramolecular Hbond substituents is 1. The predicted molar refractivity (Wildman–Crippen MR) is 92.1 cm³/mol. The van der Waals surface area contributed by atoms with Crippen LogP contribution in [-0.2, 0) is 20.7 Å². The Hall–Kier alpha value is -2.50. The SMILES string of the molecule is C[C@@H]1C[C@@H](C)CN(C(=O)COC(=O)Cc2coc3cc(O)ccc23)C1. The highest BCUT2D eigenvalue weighted by molar-refractivity contribution is 5.87. The summed E-state index contributed by atoms with van der Waals surface area (Å²) in [5.74, 6) is 0.428. The fourth-order valence-electron chi connectivity index (χ4n) is 3.52. The van der Waals surface area contributed by atoms with E-state index in [1.165, 1.54) is 18.4 Å². The number of phenols is 1. The zero-order chi connectivity index (χ0) is 18.0. The van der Waals surface area contributed by atoms with Crippen LogP contribution in [0.3, 0.4) is 0 Å². The van der Waals surface area contributed by atoms with E-state index in [1.807, 2.05) is 0 Å². The molecule has 1 fully saturated rings. The maximum atomic E-state index is 12.2. The molecule has 2 atom stereocenters. The van der Waals surface area contributed by atoms with Crippen molar-refractivity contribution in [3.63, 3.8) is 0 Å². The van der Waals surface area contributed by atoms with Crippen LogP contribution in [0.4, 0.5) is 0 Å². The first-order chi connectivity index (χ1) is 11.9. The lowest BCUT2D eigenvalue weighted by molar-refractivity contribution is -0.152. The van der Waals surface area contributed by atoms with Crippen LogP contribution in [0, 0.1) is 11.8 Å². The van der Waals surface area contributed by atoms with Gasteiger partial charge in [0.2, 0.25) is 0 Å². The number of rotatable bonds is 4. The van der Waals surface area contributed by atoms with E-state index < -0.39 is 5.97 Å². The smallest absolute Gasteiger partial charge is 0.310 e. The number of ether oxygens (including phenoxy) is 1. The van der Waals surface area contributed by atoms with E-state index in [1.54, 1.807) is 11.0 Å². The molecule has 6 heteroatoms. The van der Waals surface area contributed by atoms with Crippen LogP contribution >= 0.6 is 0 Å². The summed E-state index contributed by atoms with van der Waals surface area (Å²) in [6, 6.07) is 4.72. The first-order valence-corrected chi connectivity index (χ1v) is 8.55. The minimum Gasteiger partial charge on any atom is -0.508 e. The molecule has 2 heterocycles. The highest BCUT2D eigenvalue weighted by Gasteiger charge is 2.26. The Labute approximate surface area is 146 Å². The quantitative estimate of drug-likeness (QED) is 0.862. The first kappa shape index (κ1) is 17.3. The van der Waals surface area contributed by atoms with Gasteiger partial charge in [-0.25, -0.2) is 0 Å². The molecular weight excluding hydrogens is 322 g/mol. The summed E-state index contributed by atoms with van der Waals surface area (Å²) in [6.45, 7) is 5.47. The van der Waals surface area contributed by atoms with Crippen molar-refractivity contribution in [2.75, 3.05) is 19.7 Å². The molecule has 0 aliphatic carbocycles. The lowest BCUT2D eigenvalue weighted by atomic mass is 9.92. The van der Waals surface area contributed by atoms with Gasteiger partial charge in [0.25, 0.3) is 5.91 Å². The van der Waals surface area contributed by atoms with E-state index in [-0.39, 0.29) is 24.7 Å². The summed E-state index contributed by atoms with van der Waals surface area (Å²) in [7, 11) is 0. The molecule has 1 aromatic heterocycles. The molecular formula is C19H23NO5. The van der Waals surface area contributed by atoms with Crippen molar-refractivity contribution >= 4 is 22.8 Å². The number of likely N-dealkylation sites (tertiary alicyclic amines) is 1. The number of carbonyl (C=O) groups excluding carboxylic acids is 2. The summed E-state index contributed by atoms with van der Waals surface area (Å²) in [6.07, 6.45) is 2.62. The largest absolute Gasteiger partial charge is 0.508 e. The van der Waals surface area contributed by atoms with Gasteiger partial charge in [0, 0.05) is 30.1 Å². The third-order valence-corrected chi connectivity index (χ3v) is 4.55. The third-order valence-electron chi connectivity index (χ3n) is 4.55. The number of carbonyl (C=O) groups is 2. The van der Waals surface area contributed by atoms with Crippen molar-refractivity contribution in [1.82, 2.24) is 4.90 Å². The minimum absolute atomic E-state index is 0.0257. The number of nitrogens with zero attached hydrogens (tertiary/aromatic N) is 1. The standard InChI is InChI=1S/C19H23NO5/c1-12-5-13(2)9-20(8-12)18(22)11-25-19(23)6-14-10-24-17-7-15(21)3-4-16(14)17/h3-4,7,10,12-13,21H,5-6,8-9,11H2,1-2H3/t12-,13-/m1/s1. The number of amides is 1. The molecule has 2 aromatic rings. The molecule has 25 heavy (non-hydrogen) atoms. The maximum absolute atomic E-state index is 12.2. The Morgan fingerprint density at radius 1 is 1.28 bits per heavy atom. The summed E-state index contributed by atoms with van der Waals surface area (Å²) < 4.78 is 10.5. The minimum atomic E-state index is -0.470. The number of fused-ring (bicyclic) bond motifs is 1. The van der Waals surface area contributed by atoms with Crippen LogP contribution in [0.25, 0.3) is 11.0 Å². The second kappa shape index (κ2) is 7.17. The lowest BCUT2D eigenvalue weighted by Crippen LogP contribution is -2.44. The molecule has 1 N–H and O–H groups in total. The number of benzene rings is 1. The molecule has 1 amide bonds. The number of hydrogen-bond acceptors (Lipinski definition) is 5. The number of esters is 1. The van der Waals surface area contributed by atoms with Crippen LogP contribution in [0.1, 0.15) is 25.8 Å². The van der Waals surface area contributed by atoms with E-state index in [0.29, 0.717) is 23.0 Å². The molecule has 0 spiro atoms. The molecule has 134 valence electrons. The highest BCUT2D eigenvalue weighted by Crippen LogP contribution is 2.25. The van der Waals surface area contributed by atoms with Gasteiger partial charge in [-0.2, -0.15) is 0 Å². The molecule has 0 radical (unpaired) electrons. The maximum Gasteiger partial charge on any atom is 0.310 e. The van der Waals surface area contributed by atoms with E-state index in [9.17, 15) is 14.7 Å². The number of hydrogen-bond donors (Lipinski definition) is 1. The summed E-state index contributed by atoms with van der Waals surface area (Å²) in [5.41, 5.74) is 1.18. The molecule has 0 unspecified atom stereocenters. The van der Waals surface area contributed by atoms with Crippen LogP contribution in [-0.4, -0.2) is 41.6 Å². The second-order valence-corrected chi connectivity index (χ2v) is 7.02. The van der Waals surface area contributed by atoms with Crippen molar-refractivity contribution in [1.29, 1.82) is 0 Å². The molecule has 1 aliphatic heterocycles. The highest BCUT2D eigenvalue weighted by atomic mass is 16.5. The van der Waals surface area contributed by atoms with Gasteiger partial charge in [-0.1, -0.05) is 13.8 Å². The zero-order valence-corrected chi connectivity index (χ0v) is 14.5. The Kier molecular flexibility index (Phi) is 4.97. The van der Waals surface area contributed by atoms with Gasteiger partial charge in [-0.3, -0.25) is 9.59 Å². The van der Waals surface area contributed by atoms with Gasteiger partial charge < -0.3 is 19.2 Å². The Balaban J connectivity index is 1.54. The van der Waals surface area contributed by atoms with Gasteiger partial charge in [0.1, 0.15) is 11.3 Å². The van der Waals surface area contributed by atoms with Crippen LogP contribution in [0.5, 0.6) is 5.75 Å². The summed E-state index contributed by atoms with van der Waals surface area (Å²) in [5, 5.41) is 10.2. The van der Waals surface area contributed by atoms with Crippen molar-refractivity contribution in [3.8, 4) is 5.75 Å². The molecule has 0 saturated carbocycles. The average molecular weight is 345 g/mol. The van der Waals surface area contributed by atoms with Gasteiger partial charge in [-0.15, -0.1) is 0 Å². The fraction of sp³-hybridized carbons (Fsp3) is 0.474. The monoisotopic (exact) mass is 345 g/mol. The van der Waals surface area contributed by atoms with Gasteiger partial charge in [0.15, 0.2) is 6.61 Å². The lowest BCUT2D eigenvalue weighted by Gasteiger charge is -2.34. The van der Waals surface area contributed by atoms with E-state index in [0.717, 1.165) is 24.9 Å². The Morgan fingerprint density at radius 3 is 2.72 bits per heavy atom. The number of aromatic hydroxyl groups is 1. The van der Waals surface area contributed by atoms with Gasteiger partial charge in [-0.05, 0) is 30.4 Å². The van der Waals surface area contributed by atoms with Gasteiger partial charge >= 0.3 is 5.97 Å². The zero-order valence-electron chi connectivity index (χ0n) is 14.5. The predicted octanol–water partition coefficient (Wildman–Crippen LogP) is 2.73. The van der Waals surface area contributed by atoms with Crippen molar-refractivity contribution in [2.24, 2.45) is 11.8 Å². The topological polar surface area (TPSA) is 80.0 Å². The second-order valence-electron chi connectivity index (χ2n) is 7.02. The normalized spacial score (nSPS) is 20.6. The van der Waals surface area contributed by atoms with Crippen LogP contribution in [0.15, 0.2) is 28.9 Å². The Morgan fingerprint density at radius 2 is 2.00 bits per heavy atom. The van der Waals surface area contributed by atoms with E-state index in [4.69, 9.17) is 9.15 Å². The fourth-order valence-corrected chi connectivity index (χ4v) is 3.52. The van der Waals surface area contributed by atoms with E-state index in [2.05, 4.69) is 13.8 Å². The van der Waals surface area contributed by atoms with Crippen molar-refractivity contribution < 1.29 is 23.8 Å². The third kappa shape index (κ3) is 4.13. The van der Waals surface area contributed by atoms with Crippen molar-refractivity contribution in [3.05, 3.63) is 30.0 Å². The first-order valence-electron chi connectivity index (χ1n) is 8.55. The summed E-state index contributed by atoms with van der Waals surface area (Å²) in [4.78, 5) is 26.1. The van der Waals surface area contributed by atoms with Crippen LogP contribution in [0.2, 0.25) is 0 Å². The summed E-state index contributed by atoms with van der Waals surface area (Å²) >= 11 is 0. The molecule has 0 bridgehead atoms. The molecule has 1 saturated heterocycles. The number of piperidine rings is 1. The van der Waals surface area contributed by atoms with Gasteiger partial charge in [0.05, 0.1) is 12.7 Å². The molecule has 6 nitrogen and oxygen atoms in total. The van der Waals surface area contributed by atoms with Crippen molar-refractivity contribution in [2.45, 2.75) is 26.7 Å². The van der Waals surface area contributed by atoms with E-state index >= 15 is 0 Å². The number of furan rings is 1. The molecule has 1 aromatic carbocycles. The molecule has 1 aliphatic rings. The Bertz CT molecular complexity index is 771. The molecule has 3 rings (SSSR count). The average Bonchev–Trinajstić information content (AvgIpc) is 2.93.